The third kappa shape index (κ3) is 18.5. The molecule has 0 radical (unpaired) electrons. The van der Waals surface area contributed by atoms with E-state index in [0.717, 1.165) is 0 Å². The molecule has 0 heterocycles. The van der Waals surface area contributed by atoms with Gasteiger partial charge < -0.3 is 10.2 Å². The Kier molecular flexibility index (Phi) is 13.7. The van der Waals surface area contributed by atoms with Crippen molar-refractivity contribution in [3.05, 3.63) is 0 Å². The Morgan fingerprint density at radius 1 is 0.846 bits per heavy atom. The molecule has 0 fully saturated rings. The van der Waals surface area contributed by atoms with E-state index in [-0.39, 0.29) is 27.3 Å². The summed E-state index contributed by atoms with van der Waals surface area (Å²) in [5.74, 6) is -4.15. The van der Waals surface area contributed by atoms with Crippen LogP contribution in [0.25, 0.3) is 0 Å². The van der Waals surface area contributed by atoms with Crippen LogP contribution in [-0.4, -0.2) is 35.0 Å². The maximum atomic E-state index is 10.6. The smallest absolute Gasteiger partial charge is 0.371 e. The summed E-state index contributed by atoms with van der Waals surface area (Å²) in [6.07, 6.45) is -6.46. The van der Waals surface area contributed by atoms with Gasteiger partial charge in [-0.05, 0) is 0 Å². The van der Waals surface area contributed by atoms with E-state index in [1.807, 2.05) is 0 Å². The topological polar surface area (TPSA) is 74.6 Å². The van der Waals surface area contributed by atoms with Crippen LogP contribution >= 0.6 is 0 Å². The first-order valence-corrected chi connectivity index (χ1v) is 2.31. The van der Waals surface area contributed by atoms with Crippen LogP contribution in [0.3, 0.4) is 0 Å². The summed E-state index contributed by atoms with van der Waals surface area (Å²) in [6, 6.07) is 0. The molecule has 0 spiro atoms. The predicted octanol–water partition coefficient (Wildman–Crippen LogP) is 0.670. The number of carboxylic acids is 2. The molecule has 0 aromatic rings. The summed E-state index contributed by atoms with van der Waals surface area (Å²) in [6.45, 7) is 0. The first kappa shape index (κ1) is 18.4. The molecular weight excluding hydrogens is 300 g/mol. The van der Waals surface area contributed by atoms with Crippen molar-refractivity contribution in [2.24, 2.45) is 0 Å². The van der Waals surface area contributed by atoms with E-state index in [1.165, 1.54) is 0 Å². The van der Waals surface area contributed by atoms with Crippen molar-refractivity contribution in [1.82, 2.24) is 0 Å². The number of carboxylic acid groups (broad SMARTS) is 2. The number of halogens is 4. The van der Waals surface area contributed by atoms with Gasteiger partial charge in [-0.1, -0.05) is 0 Å². The minimum absolute atomic E-state index is 0. The summed E-state index contributed by atoms with van der Waals surface area (Å²) in [4.78, 5) is 17.9. The Morgan fingerprint density at radius 3 is 0.923 bits per heavy atom. The molecule has 0 aromatic heterocycles. The van der Waals surface area contributed by atoms with Crippen LogP contribution in [0.2, 0.25) is 0 Å². The van der Waals surface area contributed by atoms with Crippen LogP contribution in [0.1, 0.15) is 0 Å². The Hall–Kier alpha value is -0.418. The zero-order valence-corrected chi connectivity index (χ0v) is 10.1. The fourth-order valence-electron chi connectivity index (χ4n) is 0. The first-order chi connectivity index (χ1) is 5.29. The van der Waals surface area contributed by atoms with Crippen LogP contribution in [0, 0.1) is 0 Å². The van der Waals surface area contributed by atoms with E-state index < -0.39 is 24.8 Å². The molecule has 0 saturated carbocycles. The minimum Gasteiger partial charge on any atom is -0.477 e. The summed E-state index contributed by atoms with van der Waals surface area (Å²) in [5.41, 5.74) is 0. The Labute approximate surface area is 89.7 Å². The Balaban J connectivity index is -0.000000143. The first-order valence-electron chi connectivity index (χ1n) is 2.31. The third-order valence-electron chi connectivity index (χ3n) is 0.373. The van der Waals surface area contributed by atoms with Crippen molar-refractivity contribution in [2.75, 3.05) is 0 Å². The number of aliphatic carboxylic acids is 2. The molecule has 0 unspecified atom stereocenters. The molecule has 0 amide bonds. The molecule has 0 bridgehead atoms. The molecule has 0 rings (SSSR count). The Morgan fingerprint density at radius 2 is 0.923 bits per heavy atom. The van der Waals surface area contributed by atoms with Gasteiger partial charge in [-0.3, -0.25) is 0 Å². The molecule has 0 aliphatic heterocycles. The van der Waals surface area contributed by atoms with E-state index in [9.17, 15) is 17.6 Å². The van der Waals surface area contributed by atoms with Gasteiger partial charge in [0, 0.05) is 27.3 Å². The van der Waals surface area contributed by atoms with Gasteiger partial charge >= 0.3 is 24.8 Å². The van der Waals surface area contributed by atoms with E-state index >= 15 is 0 Å². The molecule has 4 nitrogen and oxygen atoms in total. The standard InChI is InChI=1S/2C2H2F2O2.Cd/c2*3-1(4)2(5)6;/h2*1H,(H,5,6);. The largest absolute Gasteiger partial charge is 0.477 e. The van der Waals surface area contributed by atoms with Crippen molar-refractivity contribution in [1.29, 1.82) is 0 Å². The van der Waals surface area contributed by atoms with E-state index in [0.29, 0.717) is 0 Å². The molecular formula is C4H4CdF4O4. The fraction of sp³-hybridized carbons (Fsp3) is 0.500. The second-order valence-electron chi connectivity index (χ2n) is 1.28. The van der Waals surface area contributed by atoms with Crippen molar-refractivity contribution >= 4 is 11.9 Å². The summed E-state index contributed by atoms with van der Waals surface area (Å²) < 4.78 is 42.2. The van der Waals surface area contributed by atoms with E-state index in [2.05, 4.69) is 0 Å². The second-order valence-corrected chi connectivity index (χ2v) is 1.28. The van der Waals surface area contributed by atoms with Gasteiger partial charge in [-0.15, -0.1) is 0 Å². The van der Waals surface area contributed by atoms with Gasteiger partial charge in [-0.25, -0.2) is 9.59 Å². The van der Waals surface area contributed by atoms with Crippen molar-refractivity contribution in [3.63, 3.8) is 0 Å². The minimum atomic E-state index is -3.23. The molecule has 0 aliphatic carbocycles. The molecule has 0 atom stereocenters. The number of carbonyl (C=O) groups is 2. The molecule has 0 aromatic carbocycles. The van der Waals surface area contributed by atoms with Crippen LogP contribution in [-0.2, 0) is 36.9 Å². The molecule has 2 N–H and O–H groups in total. The monoisotopic (exact) mass is 306 g/mol. The second kappa shape index (κ2) is 9.67. The van der Waals surface area contributed by atoms with Crippen LogP contribution < -0.4 is 0 Å². The summed E-state index contributed by atoms with van der Waals surface area (Å²) in [5, 5.41) is 14.5. The average molecular weight is 304 g/mol. The number of alkyl halides is 4. The zero-order chi connectivity index (χ0) is 10.3. The van der Waals surface area contributed by atoms with Crippen molar-refractivity contribution < 1.29 is 64.7 Å². The van der Waals surface area contributed by atoms with E-state index in [4.69, 9.17) is 19.8 Å². The third-order valence-corrected chi connectivity index (χ3v) is 0.373. The fourth-order valence-corrected chi connectivity index (χ4v) is 0. The Bertz CT molecular complexity index is 144. The molecule has 74 valence electrons. The molecule has 0 saturated heterocycles. The number of rotatable bonds is 2. The van der Waals surface area contributed by atoms with Crippen LogP contribution in [0.5, 0.6) is 0 Å². The molecule has 9 heteroatoms. The van der Waals surface area contributed by atoms with Crippen molar-refractivity contribution in [2.45, 2.75) is 12.9 Å². The summed E-state index contributed by atoms with van der Waals surface area (Å²) >= 11 is 0. The van der Waals surface area contributed by atoms with Gasteiger partial charge in [0.1, 0.15) is 0 Å². The van der Waals surface area contributed by atoms with Crippen LogP contribution in [0.15, 0.2) is 0 Å². The SMILES string of the molecule is O=C(O)C(F)F.O=C(O)C(F)F.[Cd]. The van der Waals surface area contributed by atoms with E-state index in [1.54, 1.807) is 0 Å². The average Bonchev–Trinajstić information content (AvgIpc) is 1.88. The van der Waals surface area contributed by atoms with Gasteiger partial charge in [0.2, 0.25) is 0 Å². The predicted molar refractivity (Wildman–Crippen MR) is 27.3 cm³/mol. The number of hydrogen-bond donors (Lipinski definition) is 2. The maximum Gasteiger partial charge on any atom is 0.371 e. The summed E-state index contributed by atoms with van der Waals surface area (Å²) in [7, 11) is 0. The van der Waals surface area contributed by atoms with Crippen molar-refractivity contribution in [3.8, 4) is 0 Å². The normalized spacial score (nSPS) is 8.46. The van der Waals surface area contributed by atoms with Crippen LogP contribution in [0.4, 0.5) is 17.6 Å². The van der Waals surface area contributed by atoms with Gasteiger partial charge in [0.15, 0.2) is 0 Å². The molecule has 0 aliphatic rings. The number of hydrogen-bond acceptors (Lipinski definition) is 2. The van der Waals surface area contributed by atoms with Gasteiger partial charge in [-0.2, -0.15) is 17.6 Å². The van der Waals surface area contributed by atoms with Gasteiger partial charge in [0.05, 0.1) is 0 Å². The van der Waals surface area contributed by atoms with Gasteiger partial charge in [0.25, 0.3) is 0 Å². The molecule has 13 heavy (non-hydrogen) atoms. The maximum absolute atomic E-state index is 10.6. The quantitative estimate of drug-likeness (QED) is 0.581. The zero-order valence-electron chi connectivity index (χ0n) is 6.08.